The van der Waals surface area contributed by atoms with Crippen molar-refractivity contribution in [3.8, 4) is 0 Å². The van der Waals surface area contributed by atoms with E-state index in [1.165, 1.54) is 32.1 Å². The number of rotatable bonds is 9. The van der Waals surface area contributed by atoms with Crippen LogP contribution in [0, 0.1) is 5.41 Å². The highest BCUT2D eigenvalue weighted by atomic mass is 32.1. The quantitative estimate of drug-likeness (QED) is 0.456. The van der Waals surface area contributed by atoms with Gasteiger partial charge >= 0.3 is 0 Å². The first-order chi connectivity index (χ1) is 6.62. The van der Waals surface area contributed by atoms with Gasteiger partial charge in [0.1, 0.15) is 0 Å². The maximum Gasteiger partial charge on any atom is 0.0524 e. The van der Waals surface area contributed by atoms with Crippen LogP contribution in [0.2, 0.25) is 0 Å². The van der Waals surface area contributed by atoms with E-state index in [1.54, 1.807) is 0 Å². The minimum Gasteiger partial charge on any atom is -0.381 e. The molecule has 0 heterocycles. The second-order valence-corrected chi connectivity index (χ2v) is 5.11. The first-order valence-electron chi connectivity index (χ1n) is 5.81. The Morgan fingerprint density at radius 3 is 2.29 bits per heavy atom. The zero-order valence-corrected chi connectivity index (χ0v) is 10.9. The van der Waals surface area contributed by atoms with Crippen LogP contribution in [0.4, 0.5) is 0 Å². The van der Waals surface area contributed by atoms with Crippen LogP contribution in [0.5, 0.6) is 0 Å². The van der Waals surface area contributed by atoms with Gasteiger partial charge in [-0.05, 0) is 17.6 Å². The zero-order chi connectivity index (χ0) is 10.9. The summed E-state index contributed by atoms with van der Waals surface area (Å²) in [5, 5.41) is 0. The Balaban J connectivity index is 3.13. The molecule has 0 unspecified atom stereocenters. The molecule has 0 saturated carbocycles. The molecule has 0 N–H and O–H groups in total. The van der Waals surface area contributed by atoms with Crippen molar-refractivity contribution >= 4 is 12.6 Å². The number of ether oxygens (including phenoxy) is 1. The van der Waals surface area contributed by atoms with Gasteiger partial charge in [0.2, 0.25) is 0 Å². The monoisotopic (exact) mass is 218 g/mol. The van der Waals surface area contributed by atoms with Crippen LogP contribution in [0.15, 0.2) is 0 Å². The van der Waals surface area contributed by atoms with E-state index in [4.69, 9.17) is 4.74 Å². The van der Waals surface area contributed by atoms with E-state index in [2.05, 4.69) is 33.4 Å². The van der Waals surface area contributed by atoms with Gasteiger partial charge in [-0.15, -0.1) is 0 Å². The molecule has 0 amide bonds. The second-order valence-electron chi connectivity index (χ2n) is 4.79. The summed E-state index contributed by atoms with van der Waals surface area (Å²) in [6.45, 7) is 8.38. The summed E-state index contributed by atoms with van der Waals surface area (Å²) in [6, 6.07) is 0. The van der Waals surface area contributed by atoms with Gasteiger partial charge in [0.15, 0.2) is 0 Å². The molecule has 0 aromatic heterocycles. The van der Waals surface area contributed by atoms with Crippen LogP contribution < -0.4 is 0 Å². The molecule has 0 aliphatic heterocycles. The number of hydrogen-bond acceptors (Lipinski definition) is 2. The fourth-order valence-corrected chi connectivity index (χ4v) is 1.29. The lowest BCUT2D eigenvalue weighted by Gasteiger charge is -2.21. The van der Waals surface area contributed by atoms with Crippen LogP contribution in [0.1, 0.15) is 52.9 Å². The Morgan fingerprint density at radius 2 is 1.71 bits per heavy atom. The van der Waals surface area contributed by atoms with Crippen molar-refractivity contribution in [1.29, 1.82) is 0 Å². The summed E-state index contributed by atoms with van der Waals surface area (Å²) >= 11 is 4.29. The molecule has 0 radical (unpaired) electrons. The molecule has 0 spiro atoms. The molecule has 0 aliphatic rings. The van der Waals surface area contributed by atoms with Gasteiger partial charge in [-0.25, -0.2) is 0 Å². The maximum atomic E-state index is 5.62. The molecule has 0 aromatic carbocycles. The fourth-order valence-electron chi connectivity index (χ4n) is 1.20. The lowest BCUT2D eigenvalue weighted by atomic mass is 9.98. The van der Waals surface area contributed by atoms with Gasteiger partial charge < -0.3 is 4.74 Å². The Labute approximate surface area is 95.0 Å². The van der Waals surface area contributed by atoms with Crippen molar-refractivity contribution in [2.75, 3.05) is 19.0 Å². The second kappa shape index (κ2) is 8.60. The summed E-state index contributed by atoms with van der Waals surface area (Å²) < 4.78 is 5.62. The summed E-state index contributed by atoms with van der Waals surface area (Å²) in [4.78, 5) is 0. The average molecular weight is 218 g/mol. The summed E-state index contributed by atoms with van der Waals surface area (Å²) in [7, 11) is 0. The highest BCUT2D eigenvalue weighted by Gasteiger charge is 2.15. The first-order valence-corrected chi connectivity index (χ1v) is 6.44. The lowest BCUT2D eigenvalue weighted by molar-refractivity contribution is 0.0709. The van der Waals surface area contributed by atoms with Gasteiger partial charge in [-0.2, -0.15) is 12.6 Å². The highest BCUT2D eigenvalue weighted by Crippen LogP contribution is 2.17. The van der Waals surface area contributed by atoms with Crippen LogP contribution >= 0.6 is 12.6 Å². The van der Waals surface area contributed by atoms with Gasteiger partial charge in [-0.3, -0.25) is 0 Å². The van der Waals surface area contributed by atoms with E-state index in [9.17, 15) is 0 Å². The van der Waals surface area contributed by atoms with Crippen molar-refractivity contribution in [1.82, 2.24) is 0 Å². The van der Waals surface area contributed by atoms with Crippen LogP contribution in [-0.4, -0.2) is 19.0 Å². The molecule has 14 heavy (non-hydrogen) atoms. The van der Waals surface area contributed by atoms with Crippen molar-refractivity contribution in [3.05, 3.63) is 0 Å². The molecule has 0 saturated heterocycles. The molecule has 0 fully saturated rings. The topological polar surface area (TPSA) is 9.23 Å². The van der Waals surface area contributed by atoms with E-state index in [1.807, 2.05) is 0 Å². The Bertz CT molecular complexity index is 123. The summed E-state index contributed by atoms with van der Waals surface area (Å²) in [5.74, 6) is 0.892. The summed E-state index contributed by atoms with van der Waals surface area (Å²) in [5.41, 5.74) is 0.229. The van der Waals surface area contributed by atoms with Crippen LogP contribution in [0.25, 0.3) is 0 Å². The summed E-state index contributed by atoms with van der Waals surface area (Å²) in [6.07, 6.45) is 6.56. The van der Waals surface area contributed by atoms with Gasteiger partial charge in [-0.1, -0.05) is 46.5 Å². The minimum absolute atomic E-state index is 0.229. The Morgan fingerprint density at radius 1 is 1.07 bits per heavy atom. The third-order valence-corrected chi connectivity index (χ3v) is 3.17. The lowest BCUT2D eigenvalue weighted by Crippen LogP contribution is -2.21. The number of unbranched alkanes of at least 4 members (excludes halogenated alkanes) is 4. The largest absolute Gasteiger partial charge is 0.381 e. The average Bonchev–Trinajstić information content (AvgIpc) is 2.16. The molecular weight excluding hydrogens is 192 g/mol. The molecule has 0 bridgehead atoms. The molecular formula is C12H26OS. The van der Waals surface area contributed by atoms with Gasteiger partial charge in [0.25, 0.3) is 0 Å². The predicted molar refractivity (Wildman–Crippen MR) is 67.2 cm³/mol. The maximum absolute atomic E-state index is 5.62. The first kappa shape index (κ1) is 14.3. The van der Waals surface area contributed by atoms with Crippen molar-refractivity contribution < 1.29 is 4.74 Å². The molecule has 1 nitrogen and oxygen atoms in total. The number of hydrogen-bond donors (Lipinski definition) is 1. The van der Waals surface area contributed by atoms with E-state index in [-0.39, 0.29) is 5.41 Å². The van der Waals surface area contributed by atoms with E-state index >= 15 is 0 Å². The molecule has 2 heteroatoms. The molecule has 0 aliphatic carbocycles. The third kappa shape index (κ3) is 8.89. The SMILES string of the molecule is CCCCCCCOCC(C)(C)CS. The molecule has 0 atom stereocenters. The fraction of sp³-hybridized carbons (Fsp3) is 1.00. The van der Waals surface area contributed by atoms with Gasteiger partial charge in [0.05, 0.1) is 6.61 Å². The normalized spacial score (nSPS) is 12.0. The molecule has 86 valence electrons. The van der Waals surface area contributed by atoms with Gasteiger partial charge in [0, 0.05) is 6.61 Å². The Kier molecular flexibility index (Phi) is 8.80. The van der Waals surface area contributed by atoms with E-state index in [0.29, 0.717) is 0 Å². The van der Waals surface area contributed by atoms with Crippen LogP contribution in [-0.2, 0) is 4.74 Å². The van der Waals surface area contributed by atoms with E-state index in [0.717, 1.165) is 19.0 Å². The predicted octanol–water partition coefficient (Wildman–Crippen LogP) is 3.93. The van der Waals surface area contributed by atoms with E-state index < -0.39 is 0 Å². The highest BCUT2D eigenvalue weighted by molar-refractivity contribution is 7.80. The minimum atomic E-state index is 0.229. The van der Waals surface area contributed by atoms with Crippen LogP contribution in [0.3, 0.4) is 0 Å². The standard InChI is InChI=1S/C12H26OS/c1-4-5-6-7-8-9-13-10-12(2,3)11-14/h14H,4-11H2,1-3H3. The van der Waals surface area contributed by atoms with Crippen molar-refractivity contribution in [2.24, 2.45) is 5.41 Å². The Hall–Kier alpha value is 0.310. The smallest absolute Gasteiger partial charge is 0.0524 e. The zero-order valence-electron chi connectivity index (χ0n) is 10.0. The van der Waals surface area contributed by atoms with Crippen molar-refractivity contribution in [3.63, 3.8) is 0 Å². The molecule has 0 aromatic rings. The third-order valence-electron chi connectivity index (χ3n) is 2.31. The van der Waals surface area contributed by atoms with Crippen molar-refractivity contribution in [2.45, 2.75) is 52.9 Å². The number of thiol groups is 1. The molecule has 0 rings (SSSR count).